The molecule has 21 heavy (non-hydrogen) atoms. The van der Waals surface area contributed by atoms with Crippen LogP contribution < -0.4 is 0 Å². The second kappa shape index (κ2) is 5.48. The fourth-order valence-electron chi connectivity index (χ4n) is 3.39. The molecule has 1 fully saturated rings. The molecule has 1 aliphatic heterocycles. The maximum atomic E-state index is 12.7. The number of fused-ring (bicyclic) bond motifs is 1. The van der Waals surface area contributed by atoms with Gasteiger partial charge in [-0.15, -0.1) is 0 Å². The fraction of sp³-hybridized carbons (Fsp3) is 0.500. The number of carboxylic acid groups (broad SMARTS) is 1. The molecular weight excluding hydrogens is 270 g/mol. The highest BCUT2D eigenvalue weighted by atomic mass is 16.5. The van der Waals surface area contributed by atoms with Crippen molar-refractivity contribution in [1.82, 2.24) is 4.90 Å². The van der Waals surface area contributed by atoms with E-state index in [0.29, 0.717) is 13.0 Å². The van der Waals surface area contributed by atoms with E-state index in [1.165, 1.54) is 5.56 Å². The minimum absolute atomic E-state index is 0.0139. The maximum absolute atomic E-state index is 12.7. The van der Waals surface area contributed by atoms with E-state index in [2.05, 4.69) is 0 Å². The molecule has 1 aromatic rings. The van der Waals surface area contributed by atoms with Crippen molar-refractivity contribution >= 4 is 11.9 Å². The third kappa shape index (κ3) is 2.53. The second-order valence-corrected chi connectivity index (χ2v) is 5.79. The van der Waals surface area contributed by atoms with Crippen LogP contribution >= 0.6 is 0 Å². The lowest BCUT2D eigenvalue weighted by atomic mass is 9.76. The quantitative estimate of drug-likeness (QED) is 0.910. The number of methoxy groups -OCH3 is 1. The summed E-state index contributed by atoms with van der Waals surface area (Å²) >= 11 is 0. The van der Waals surface area contributed by atoms with Gasteiger partial charge in [-0.2, -0.15) is 0 Å². The van der Waals surface area contributed by atoms with E-state index < -0.39 is 5.97 Å². The van der Waals surface area contributed by atoms with Gasteiger partial charge in [0.15, 0.2) is 0 Å². The number of rotatable bonds is 4. The summed E-state index contributed by atoms with van der Waals surface area (Å²) < 4.78 is 5.32. The van der Waals surface area contributed by atoms with Gasteiger partial charge in [0, 0.05) is 19.7 Å². The van der Waals surface area contributed by atoms with E-state index >= 15 is 0 Å². The molecule has 112 valence electrons. The van der Waals surface area contributed by atoms with Crippen molar-refractivity contribution in [2.75, 3.05) is 13.7 Å². The zero-order valence-electron chi connectivity index (χ0n) is 12.0. The third-order valence-corrected chi connectivity index (χ3v) is 4.56. The molecular formula is C16H19NO4. The number of ether oxygens (including phenoxy) is 1. The summed E-state index contributed by atoms with van der Waals surface area (Å²) in [5, 5.41) is 9.02. The average Bonchev–Trinajstić information content (AvgIpc) is 2.82. The van der Waals surface area contributed by atoms with Crippen molar-refractivity contribution in [3.05, 3.63) is 35.4 Å². The molecule has 3 atom stereocenters. The SMILES string of the molecule is COC1CC(CC(=O)O)N(C(=O)C2Cc3ccccc32)C1. The zero-order valence-corrected chi connectivity index (χ0v) is 12.0. The Morgan fingerprint density at radius 2 is 2.14 bits per heavy atom. The number of hydrogen-bond donors (Lipinski definition) is 1. The maximum Gasteiger partial charge on any atom is 0.305 e. The van der Waals surface area contributed by atoms with Crippen molar-refractivity contribution in [1.29, 1.82) is 0 Å². The molecule has 5 nitrogen and oxygen atoms in total. The van der Waals surface area contributed by atoms with Crippen LogP contribution in [0.4, 0.5) is 0 Å². The van der Waals surface area contributed by atoms with Crippen molar-refractivity contribution in [3.8, 4) is 0 Å². The number of carbonyl (C=O) groups excluding carboxylic acids is 1. The predicted octanol–water partition coefficient (Wildman–Crippen LogP) is 1.42. The van der Waals surface area contributed by atoms with E-state index in [9.17, 15) is 9.59 Å². The number of carboxylic acids is 1. The summed E-state index contributed by atoms with van der Waals surface area (Å²) in [4.78, 5) is 25.4. The number of benzene rings is 1. The molecule has 1 amide bonds. The summed E-state index contributed by atoms with van der Waals surface area (Å²) in [6, 6.07) is 7.68. The van der Waals surface area contributed by atoms with Gasteiger partial charge in [-0.25, -0.2) is 0 Å². The Labute approximate surface area is 123 Å². The van der Waals surface area contributed by atoms with E-state index in [-0.39, 0.29) is 30.4 Å². The van der Waals surface area contributed by atoms with Gasteiger partial charge in [0.05, 0.1) is 18.4 Å². The molecule has 1 heterocycles. The molecule has 1 aliphatic carbocycles. The molecule has 3 rings (SSSR count). The van der Waals surface area contributed by atoms with E-state index in [1.54, 1.807) is 12.0 Å². The lowest BCUT2D eigenvalue weighted by Crippen LogP contribution is -2.43. The Morgan fingerprint density at radius 1 is 1.38 bits per heavy atom. The molecule has 3 unspecified atom stereocenters. The summed E-state index contributed by atoms with van der Waals surface area (Å²) in [5.41, 5.74) is 2.30. The number of nitrogens with zero attached hydrogens (tertiary/aromatic N) is 1. The monoisotopic (exact) mass is 289 g/mol. The van der Waals surface area contributed by atoms with Crippen LogP contribution in [0.1, 0.15) is 29.9 Å². The van der Waals surface area contributed by atoms with Crippen molar-refractivity contribution in [2.45, 2.75) is 37.3 Å². The first-order valence-corrected chi connectivity index (χ1v) is 7.23. The van der Waals surface area contributed by atoms with Gasteiger partial charge < -0.3 is 14.7 Å². The first kappa shape index (κ1) is 14.1. The minimum Gasteiger partial charge on any atom is -0.481 e. The van der Waals surface area contributed by atoms with Gasteiger partial charge in [-0.1, -0.05) is 24.3 Å². The highest BCUT2D eigenvalue weighted by Gasteiger charge is 2.42. The molecule has 2 aliphatic rings. The van der Waals surface area contributed by atoms with Crippen molar-refractivity contribution in [3.63, 3.8) is 0 Å². The Balaban J connectivity index is 1.75. The Morgan fingerprint density at radius 3 is 2.81 bits per heavy atom. The Hall–Kier alpha value is -1.88. The number of amides is 1. The summed E-state index contributed by atoms with van der Waals surface area (Å²) in [7, 11) is 1.61. The number of aliphatic carboxylic acids is 1. The van der Waals surface area contributed by atoms with Gasteiger partial charge in [-0.05, 0) is 24.0 Å². The van der Waals surface area contributed by atoms with Crippen LogP contribution in [0.15, 0.2) is 24.3 Å². The lowest BCUT2D eigenvalue weighted by molar-refractivity contribution is -0.140. The fourth-order valence-corrected chi connectivity index (χ4v) is 3.39. The summed E-state index contributed by atoms with van der Waals surface area (Å²) in [5.74, 6) is -0.948. The molecule has 1 N–H and O–H groups in total. The molecule has 1 saturated heterocycles. The van der Waals surface area contributed by atoms with Gasteiger partial charge in [-0.3, -0.25) is 9.59 Å². The van der Waals surface area contributed by atoms with Crippen LogP contribution in [-0.2, 0) is 20.7 Å². The number of hydrogen-bond acceptors (Lipinski definition) is 3. The van der Waals surface area contributed by atoms with E-state index in [4.69, 9.17) is 9.84 Å². The van der Waals surface area contributed by atoms with Crippen LogP contribution in [0.25, 0.3) is 0 Å². The standard InChI is InChI=1S/C16H19NO4/c1-21-12-7-11(8-15(18)19)17(9-12)16(20)14-6-10-4-2-3-5-13(10)14/h2-5,11-12,14H,6-9H2,1H3,(H,18,19). The minimum atomic E-state index is -0.872. The summed E-state index contributed by atoms with van der Waals surface area (Å²) in [6.45, 7) is 0.492. The first-order chi connectivity index (χ1) is 10.1. The Bertz CT molecular complexity index is 571. The largest absolute Gasteiger partial charge is 0.481 e. The highest BCUT2D eigenvalue weighted by molar-refractivity contribution is 5.88. The van der Waals surface area contributed by atoms with E-state index in [1.807, 2.05) is 24.3 Å². The van der Waals surface area contributed by atoms with Gasteiger partial charge in [0.1, 0.15) is 0 Å². The predicted molar refractivity (Wildman–Crippen MR) is 76.1 cm³/mol. The van der Waals surface area contributed by atoms with E-state index in [0.717, 1.165) is 12.0 Å². The molecule has 0 radical (unpaired) electrons. The van der Waals surface area contributed by atoms with Gasteiger partial charge >= 0.3 is 5.97 Å². The highest BCUT2D eigenvalue weighted by Crippen LogP contribution is 2.38. The normalized spacial score (nSPS) is 27.1. The average molecular weight is 289 g/mol. The van der Waals surface area contributed by atoms with Crippen LogP contribution in [0.2, 0.25) is 0 Å². The van der Waals surface area contributed by atoms with Gasteiger partial charge in [0.2, 0.25) is 5.91 Å². The van der Waals surface area contributed by atoms with Crippen LogP contribution in [0, 0.1) is 0 Å². The number of likely N-dealkylation sites (tertiary alicyclic amines) is 1. The lowest BCUT2D eigenvalue weighted by Gasteiger charge is -2.34. The van der Waals surface area contributed by atoms with Crippen LogP contribution in [-0.4, -0.2) is 47.7 Å². The smallest absolute Gasteiger partial charge is 0.305 e. The van der Waals surface area contributed by atoms with Crippen LogP contribution in [0.5, 0.6) is 0 Å². The first-order valence-electron chi connectivity index (χ1n) is 7.23. The van der Waals surface area contributed by atoms with Gasteiger partial charge in [0.25, 0.3) is 0 Å². The Kier molecular flexibility index (Phi) is 3.68. The molecule has 0 spiro atoms. The topological polar surface area (TPSA) is 66.8 Å². The molecule has 1 aromatic carbocycles. The van der Waals surface area contributed by atoms with Crippen molar-refractivity contribution in [2.24, 2.45) is 0 Å². The zero-order chi connectivity index (χ0) is 15.0. The van der Waals surface area contributed by atoms with Crippen molar-refractivity contribution < 1.29 is 19.4 Å². The summed E-state index contributed by atoms with van der Waals surface area (Å²) in [6.07, 6.45) is 1.28. The molecule has 0 aromatic heterocycles. The molecule has 5 heteroatoms. The second-order valence-electron chi connectivity index (χ2n) is 5.79. The number of carbonyl (C=O) groups is 2. The molecule has 0 bridgehead atoms. The third-order valence-electron chi connectivity index (χ3n) is 4.56. The van der Waals surface area contributed by atoms with Crippen LogP contribution in [0.3, 0.4) is 0 Å². The molecule has 0 saturated carbocycles.